The molecule has 3 nitrogen and oxygen atoms in total. The van der Waals surface area contributed by atoms with E-state index >= 15 is 0 Å². The smallest absolute Gasteiger partial charge is 0.234 e. The standard InChI is InChI=1S/C14H18N2O/c1-4-9-15-10-14(17)16-12(3)13-7-5-11(2)6-8-13/h1,5-8,12,15H,9-10H2,2-3H3,(H,16,17)/t12-/m0/s1. The molecule has 0 fully saturated rings. The molecule has 0 saturated carbocycles. The SMILES string of the molecule is C#CCNCC(=O)N[C@@H](C)c1ccc(C)cc1. The zero-order valence-corrected chi connectivity index (χ0v) is 10.3. The zero-order chi connectivity index (χ0) is 12.7. The van der Waals surface area contributed by atoms with E-state index in [4.69, 9.17) is 6.42 Å². The molecule has 0 aliphatic heterocycles. The predicted octanol–water partition coefficient (Wildman–Crippen LogP) is 1.40. The lowest BCUT2D eigenvalue weighted by Gasteiger charge is -2.14. The molecule has 0 saturated heterocycles. The summed E-state index contributed by atoms with van der Waals surface area (Å²) in [7, 11) is 0. The fourth-order valence-corrected chi connectivity index (χ4v) is 1.48. The molecule has 0 spiro atoms. The Morgan fingerprint density at radius 1 is 1.41 bits per heavy atom. The molecule has 0 aliphatic carbocycles. The van der Waals surface area contributed by atoms with Crippen molar-refractivity contribution < 1.29 is 4.79 Å². The first-order valence-corrected chi connectivity index (χ1v) is 5.63. The van der Waals surface area contributed by atoms with Crippen LogP contribution in [-0.2, 0) is 4.79 Å². The molecule has 1 rings (SSSR count). The van der Waals surface area contributed by atoms with Gasteiger partial charge in [0, 0.05) is 0 Å². The van der Waals surface area contributed by atoms with E-state index in [1.54, 1.807) is 0 Å². The van der Waals surface area contributed by atoms with Crippen molar-refractivity contribution >= 4 is 5.91 Å². The first kappa shape index (κ1) is 13.3. The van der Waals surface area contributed by atoms with Crippen molar-refractivity contribution in [2.24, 2.45) is 0 Å². The predicted molar refractivity (Wildman–Crippen MR) is 69.4 cm³/mol. The second kappa shape index (κ2) is 6.72. The molecule has 90 valence electrons. The monoisotopic (exact) mass is 230 g/mol. The van der Waals surface area contributed by atoms with Gasteiger partial charge < -0.3 is 5.32 Å². The molecular formula is C14H18N2O. The normalized spacial score (nSPS) is 11.6. The molecule has 0 unspecified atom stereocenters. The molecule has 2 N–H and O–H groups in total. The number of carbonyl (C=O) groups is 1. The summed E-state index contributed by atoms with van der Waals surface area (Å²) < 4.78 is 0. The molecule has 0 aliphatic rings. The molecule has 1 atom stereocenters. The molecule has 17 heavy (non-hydrogen) atoms. The van der Waals surface area contributed by atoms with E-state index in [-0.39, 0.29) is 18.5 Å². The molecule has 0 aromatic heterocycles. The largest absolute Gasteiger partial charge is 0.348 e. The lowest BCUT2D eigenvalue weighted by atomic mass is 10.1. The Labute approximate surface area is 103 Å². The van der Waals surface area contributed by atoms with Crippen molar-refractivity contribution in [1.29, 1.82) is 0 Å². The summed E-state index contributed by atoms with van der Waals surface area (Å²) in [6, 6.07) is 8.13. The topological polar surface area (TPSA) is 41.1 Å². The minimum absolute atomic E-state index is 0.00994. The van der Waals surface area contributed by atoms with Gasteiger partial charge in [0.1, 0.15) is 0 Å². The highest BCUT2D eigenvalue weighted by Gasteiger charge is 2.08. The van der Waals surface area contributed by atoms with Crippen LogP contribution in [0.25, 0.3) is 0 Å². The van der Waals surface area contributed by atoms with Gasteiger partial charge in [-0.05, 0) is 19.4 Å². The van der Waals surface area contributed by atoms with Crippen molar-refractivity contribution in [3.63, 3.8) is 0 Å². The van der Waals surface area contributed by atoms with E-state index < -0.39 is 0 Å². The van der Waals surface area contributed by atoms with Gasteiger partial charge in [-0.1, -0.05) is 35.7 Å². The van der Waals surface area contributed by atoms with Crippen LogP contribution in [0.15, 0.2) is 24.3 Å². The number of amides is 1. The minimum atomic E-state index is -0.0478. The van der Waals surface area contributed by atoms with E-state index in [9.17, 15) is 4.79 Å². The van der Waals surface area contributed by atoms with E-state index in [0.29, 0.717) is 6.54 Å². The summed E-state index contributed by atoms with van der Waals surface area (Å²) in [5, 5.41) is 5.76. The van der Waals surface area contributed by atoms with Crippen LogP contribution in [0, 0.1) is 19.3 Å². The Balaban J connectivity index is 2.43. The third kappa shape index (κ3) is 4.71. The van der Waals surface area contributed by atoms with Crippen LogP contribution in [0.2, 0.25) is 0 Å². The van der Waals surface area contributed by atoms with Crippen LogP contribution < -0.4 is 10.6 Å². The van der Waals surface area contributed by atoms with Crippen molar-refractivity contribution in [3.8, 4) is 12.3 Å². The molecule has 1 aromatic rings. The average molecular weight is 230 g/mol. The minimum Gasteiger partial charge on any atom is -0.348 e. The van der Waals surface area contributed by atoms with Gasteiger partial charge in [-0.25, -0.2) is 0 Å². The van der Waals surface area contributed by atoms with Crippen molar-refractivity contribution in [3.05, 3.63) is 35.4 Å². The number of rotatable bonds is 5. The third-order valence-electron chi connectivity index (χ3n) is 2.47. The summed E-state index contributed by atoms with van der Waals surface area (Å²) in [5.74, 6) is 2.38. The van der Waals surface area contributed by atoms with Crippen LogP contribution >= 0.6 is 0 Å². The Hall–Kier alpha value is -1.79. The number of aryl methyl sites for hydroxylation is 1. The highest BCUT2D eigenvalue weighted by molar-refractivity contribution is 5.78. The van der Waals surface area contributed by atoms with Crippen molar-refractivity contribution in [2.75, 3.05) is 13.1 Å². The number of nitrogens with one attached hydrogen (secondary N) is 2. The Morgan fingerprint density at radius 3 is 2.65 bits per heavy atom. The van der Waals surface area contributed by atoms with Crippen LogP contribution in [-0.4, -0.2) is 19.0 Å². The summed E-state index contributed by atoms with van der Waals surface area (Å²) >= 11 is 0. The summed E-state index contributed by atoms with van der Waals surface area (Å²) in [6.45, 7) is 4.66. The molecule has 1 aromatic carbocycles. The number of carbonyl (C=O) groups excluding carboxylic acids is 1. The van der Waals surface area contributed by atoms with Crippen molar-refractivity contribution in [2.45, 2.75) is 19.9 Å². The van der Waals surface area contributed by atoms with Gasteiger partial charge in [0.05, 0.1) is 19.1 Å². The summed E-state index contributed by atoms with van der Waals surface area (Å²) in [5.41, 5.74) is 2.31. The summed E-state index contributed by atoms with van der Waals surface area (Å²) in [6.07, 6.45) is 5.08. The lowest BCUT2D eigenvalue weighted by Crippen LogP contribution is -2.35. The molecule has 0 radical (unpaired) electrons. The van der Waals surface area contributed by atoms with Gasteiger partial charge in [-0.2, -0.15) is 0 Å². The van der Waals surface area contributed by atoms with E-state index in [2.05, 4.69) is 16.6 Å². The third-order valence-corrected chi connectivity index (χ3v) is 2.47. The maximum Gasteiger partial charge on any atom is 0.234 e. The maximum atomic E-state index is 11.5. The van der Waals surface area contributed by atoms with Crippen LogP contribution in [0.3, 0.4) is 0 Å². The van der Waals surface area contributed by atoms with Crippen LogP contribution in [0.1, 0.15) is 24.1 Å². The van der Waals surface area contributed by atoms with Crippen LogP contribution in [0.5, 0.6) is 0 Å². The number of hydrogen-bond donors (Lipinski definition) is 2. The average Bonchev–Trinajstić information content (AvgIpc) is 2.30. The summed E-state index contributed by atoms with van der Waals surface area (Å²) in [4.78, 5) is 11.5. The Morgan fingerprint density at radius 2 is 2.06 bits per heavy atom. The van der Waals surface area contributed by atoms with Crippen molar-refractivity contribution in [1.82, 2.24) is 10.6 Å². The number of terminal acetylenes is 1. The molecule has 0 bridgehead atoms. The molecule has 1 amide bonds. The fourth-order valence-electron chi connectivity index (χ4n) is 1.48. The molecular weight excluding hydrogens is 212 g/mol. The van der Waals surface area contributed by atoms with E-state index in [1.165, 1.54) is 5.56 Å². The maximum absolute atomic E-state index is 11.5. The van der Waals surface area contributed by atoms with Gasteiger partial charge in [0.2, 0.25) is 5.91 Å². The molecule has 0 heterocycles. The van der Waals surface area contributed by atoms with E-state index in [1.807, 2.05) is 38.1 Å². The van der Waals surface area contributed by atoms with E-state index in [0.717, 1.165) is 5.56 Å². The number of benzene rings is 1. The second-order valence-corrected chi connectivity index (χ2v) is 4.01. The highest BCUT2D eigenvalue weighted by atomic mass is 16.1. The first-order chi connectivity index (χ1) is 8.13. The first-order valence-electron chi connectivity index (χ1n) is 5.63. The Kier molecular flexibility index (Phi) is 5.25. The number of hydrogen-bond acceptors (Lipinski definition) is 2. The fraction of sp³-hybridized carbons (Fsp3) is 0.357. The Bertz CT molecular complexity index is 403. The van der Waals surface area contributed by atoms with Crippen LogP contribution in [0.4, 0.5) is 0 Å². The highest BCUT2D eigenvalue weighted by Crippen LogP contribution is 2.12. The van der Waals surface area contributed by atoms with Gasteiger partial charge in [-0.15, -0.1) is 6.42 Å². The van der Waals surface area contributed by atoms with Gasteiger partial charge in [0.25, 0.3) is 0 Å². The quantitative estimate of drug-likeness (QED) is 0.593. The molecule has 3 heteroatoms. The lowest BCUT2D eigenvalue weighted by molar-refractivity contribution is -0.120. The van der Waals surface area contributed by atoms with Gasteiger partial charge >= 0.3 is 0 Å². The zero-order valence-electron chi connectivity index (χ0n) is 10.3. The van der Waals surface area contributed by atoms with Gasteiger partial charge in [0.15, 0.2) is 0 Å². The van der Waals surface area contributed by atoms with Gasteiger partial charge in [-0.3, -0.25) is 10.1 Å². The second-order valence-electron chi connectivity index (χ2n) is 4.01.